The molecule has 0 aliphatic heterocycles. The molecule has 4 heteroatoms. The van der Waals surface area contributed by atoms with Gasteiger partial charge in [0.15, 0.2) is 0 Å². The van der Waals surface area contributed by atoms with Crippen molar-refractivity contribution in [3.8, 4) is 0 Å². The van der Waals surface area contributed by atoms with Crippen molar-refractivity contribution in [2.24, 2.45) is 0 Å². The van der Waals surface area contributed by atoms with E-state index in [1.54, 1.807) is 19.1 Å². The standard InChI is InChI=1S/C10H12O2S2/c1-2-12-10(11)9-5-3-8(4-6-9)7-14-13/h3-6,13H,2,7H2,1H3. The molecule has 0 aliphatic carbocycles. The lowest BCUT2D eigenvalue weighted by Crippen LogP contribution is -2.04. The Balaban J connectivity index is 2.67. The molecule has 0 amide bonds. The molecule has 1 aromatic carbocycles. The molecule has 76 valence electrons. The molecule has 1 aromatic rings. The van der Waals surface area contributed by atoms with Crippen LogP contribution in [-0.4, -0.2) is 12.6 Å². The van der Waals surface area contributed by atoms with Crippen LogP contribution in [0.1, 0.15) is 22.8 Å². The first kappa shape index (κ1) is 11.5. The van der Waals surface area contributed by atoms with Gasteiger partial charge in [-0.2, -0.15) is 0 Å². The van der Waals surface area contributed by atoms with Crippen LogP contribution >= 0.6 is 22.5 Å². The van der Waals surface area contributed by atoms with Crippen LogP contribution in [0.5, 0.6) is 0 Å². The second-order valence-corrected chi connectivity index (χ2v) is 4.01. The third kappa shape index (κ3) is 3.27. The van der Waals surface area contributed by atoms with E-state index in [0.717, 1.165) is 11.3 Å². The molecule has 0 N–H and O–H groups in total. The van der Waals surface area contributed by atoms with Crippen LogP contribution in [0.3, 0.4) is 0 Å². The molecular weight excluding hydrogens is 216 g/mol. The summed E-state index contributed by atoms with van der Waals surface area (Å²) in [6.45, 7) is 2.21. The van der Waals surface area contributed by atoms with Crippen LogP contribution in [-0.2, 0) is 10.5 Å². The van der Waals surface area contributed by atoms with E-state index in [1.165, 1.54) is 10.8 Å². The average Bonchev–Trinajstić information content (AvgIpc) is 2.20. The third-order valence-electron chi connectivity index (χ3n) is 1.70. The third-order valence-corrected chi connectivity index (χ3v) is 2.55. The highest BCUT2D eigenvalue weighted by Gasteiger charge is 2.04. The maximum atomic E-state index is 11.3. The van der Waals surface area contributed by atoms with Crippen LogP contribution in [0, 0.1) is 0 Å². The van der Waals surface area contributed by atoms with Gasteiger partial charge in [-0.05, 0) is 24.6 Å². The molecule has 0 radical (unpaired) electrons. The molecule has 0 aromatic heterocycles. The minimum absolute atomic E-state index is 0.266. The molecule has 0 aliphatic rings. The SMILES string of the molecule is CCOC(=O)c1ccc(CSS)cc1. The zero-order valence-electron chi connectivity index (χ0n) is 7.90. The molecule has 0 saturated carbocycles. The van der Waals surface area contributed by atoms with Gasteiger partial charge in [-0.25, -0.2) is 4.79 Å². The summed E-state index contributed by atoms with van der Waals surface area (Å²) in [5, 5.41) is 0. The lowest BCUT2D eigenvalue weighted by Gasteiger charge is -2.02. The van der Waals surface area contributed by atoms with E-state index in [1.807, 2.05) is 12.1 Å². The van der Waals surface area contributed by atoms with Crippen molar-refractivity contribution in [1.82, 2.24) is 0 Å². The van der Waals surface area contributed by atoms with Crippen LogP contribution in [0.2, 0.25) is 0 Å². The Bertz CT molecular complexity index is 295. The zero-order chi connectivity index (χ0) is 10.4. The Morgan fingerprint density at radius 1 is 1.43 bits per heavy atom. The number of hydrogen-bond donors (Lipinski definition) is 1. The Labute approximate surface area is 92.8 Å². The largest absolute Gasteiger partial charge is 0.462 e. The van der Waals surface area contributed by atoms with Crippen molar-refractivity contribution in [1.29, 1.82) is 0 Å². The number of ether oxygens (including phenoxy) is 1. The van der Waals surface area contributed by atoms with Gasteiger partial charge >= 0.3 is 5.97 Å². The average molecular weight is 228 g/mol. The molecular formula is C10H12O2S2. The van der Waals surface area contributed by atoms with Crippen LogP contribution < -0.4 is 0 Å². The Kier molecular flexibility index (Phi) is 4.90. The Morgan fingerprint density at radius 2 is 2.07 bits per heavy atom. The van der Waals surface area contributed by atoms with Crippen molar-refractivity contribution in [2.45, 2.75) is 12.7 Å². The number of thiol groups is 1. The lowest BCUT2D eigenvalue weighted by molar-refractivity contribution is 0.0526. The van der Waals surface area contributed by atoms with Gasteiger partial charge in [0.25, 0.3) is 0 Å². The molecule has 0 heterocycles. The van der Waals surface area contributed by atoms with E-state index in [4.69, 9.17) is 4.74 Å². The molecule has 0 unspecified atom stereocenters. The number of esters is 1. The van der Waals surface area contributed by atoms with Crippen LogP contribution in [0.25, 0.3) is 0 Å². The molecule has 0 spiro atoms. The van der Waals surface area contributed by atoms with Gasteiger partial charge < -0.3 is 4.74 Å². The molecule has 2 nitrogen and oxygen atoms in total. The Morgan fingerprint density at radius 3 is 2.57 bits per heavy atom. The topological polar surface area (TPSA) is 26.3 Å². The van der Waals surface area contributed by atoms with Gasteiger partial charge in [0.05, 0.1) is 12.2 Å². The summed E-state index contributed by atoms with van der Waals surface area (Å²) >= 11 is 4.06. The molecule has 0 saturated heterocycles. The van der Waals surface area contributed by atoms with E-state index >= 15 is 0 Å². The fourth-order valence-corrected chi connectivity index (χ4v) is 1.81. The number of benzene rings is 1. The smallest absolute Gasteiger partial charge is 0.338 e. The van der Waals surface area contributed by atoms with Gasteiger partial charge in [0, 0.05) is 5.75 Å². The maximum absolute atomic E-state index is 11.3. The predicted octanol–water partition coefficient (Wildman–Crippen LogP) is 2.94. The zero-order valence-corrected chi connectivity index (χ0v) is 9.61. The summed E-state index contributed by atoms with van der Waals surface area (Å²) in [5.74, 6) is 0.573. The van der Waals surface area contributed by atoms with Crippen LogP contribution in [0.4, 0.5) is 0 Å². The van der Waals surface area contributed by atoms with E-state index < -0.39 is 0 Å². The first-order valence-corrected chi connectivity index (χ1v) is 6.34. The van der Waals surface area contributed by atoms with E-state index in [-0.39, 0.29) is 5.97 Å². The van der Waals surface area contributed by atoms with Gasteiger partial charge in [-0.3, -0.25) is 0 Å². The monoisotopic (exact) mass is 228 g/mol. The minimum atomic E-state index is -0.266. The van der Waals surface area contributed by atoms with Gasteiger partial charge in [0.1, 0.15) is 0 Å². The summed E-state index contributed by atoms with van der Waals surface area (Å²) in [6.07, 6.45) is 0. The summed E-state index contributed by atoms with van der Waals surface area (Å²) in [5.41, 5.74) is 1.75. The highest BCUT2D eigenvalue weighted by Crippen LogP contribution is 2.15. The van der Waals surface area contributed by atoms with Gasteiger partial charge in [0.2, 0.25) is 0 Å². The van der Waals surface area contributed by atoms with Crippen molar-refractivity contribution >= 4 is 28.4 Å². The molecule has 14 heavy (non-hydrogen) atoms. The van der Waals surface area contributed by atoms with Gasteiger partial charge in [-0.15, -0.1) is 11.7 Å². The molecule has 0 bridgehead atoms. The number of carbonyl (C=O) groups is 1. The van der Waals surface area contributed by atoms with E-state index in [0.29, 0.717) is 12.2 Å². The summed E-state index contributed by atoms with van der Waals surface area (Å²) in [4.78, 5) is 11.3. The fourth-order valence-electron chi connectivity index (χ4n) is 1.03. The molecule has 1 rings (SSSR count). The van der Waals surface area contributed by atoms with Gasteiger partial charge in [-0.1, -0.05) is 22.9 Å². The highest BCUT2D eigenvalue weighted by atomic mass is 33.1. The van der Waals surface area contributed by atoms with Crippen molar-refractivity contribution in [3.63, 3.8) is 0 Å². The maximum Gasteiger partial charge on any atom is 0.338 e. The molecule has 0 fully saturated rings. The summed E-state index contributed by atoms with van der Waals surface area (Å²) in [6, 6.07) is 7.37. The van der Waals surface area contributed by atoms with Crippen molar-refractivity contribution in [2.75, 3.05) is 6.61 Å². The summed E-state index contributed by atoms with van der Waals surface area (Å²) < 4.78 is 4.87. The van der Waals surface area contributed by atoms with E-state index in [2.05, 4.69) is 11.7 Å². The minimum Gasteiger partial charge on any atom is -0.462 e. The second-order valence-electron chi connectivity index (χ2n) is 2.69. The first-order chi connectivity index (χ1) is 6.77. The number of hydrogen-bond acceptors (Lipinski definition) is 4. The molecule has 0 atom stereocenters. The van der Waals surface area contributed by atoms with Crippen LogP contribution in [0.15, 0.2) is 24.3 Å². The first-order valence-electron chi connectivity index (χ1n) is 4.30. The lowest BCUT2D eigenvalue weighted by atomic mass is 10.1. The second kappa shape index (κ2) is 5.98. The fraction of sp³-hybridized carbons (Fsp3) is 0.300. The number of rotatable bonds is 4. The van der Waals surface area contributed by atoms with E-state index in [9.17, 15) is 4.79 Å². The number of carbonyl (C=O) groups excluding carboxylic acids is 1. The van der Waals surface area contributed by atoms with Crippen molar-refractivity contribution in [3.05, 3.63) is 35.4 Å². The summed E-state index contributed by atoms with van der Waals surface area (Å²) in [7, 11) is 1.46. The normalized spacial score (nSPS) is 9.86. The van der Waals surface area contributed by atoms with Crippen molar-refractivity contribution < 1.29 is 9.53 Å². The Hall–Kier alpha value is -0.610. The predicted molar refractivity (Wildman–Crippen MR) is 62.7 cm³/mol. The quantitative estimate of drug-likeness (QED) is 0.487. The highest BCUT2D eigenvalue weighted by molar-refractivity contribution is 8.68.